The molecule has 0 unspecified atom stereocenters. The third kappa shape index (κ3) is 5.23. The Bertz CT molecular complexity index is 1300. The lowest BCUT2D eigenvalue weighted by Gasteiger charge is -2.40. The number of nitrogens with zero attached hydrogens (tertiary/aromatic N) is 3. The van der Waals surface area contributed by atoms with E-state index in [4.69, 9.17) is 0 Å². The number of halogens is 4. The molecular formula is C27H32F4N4OS. The molecule has 1 aliphatic heterocycles. The molecule has 0 aliphatic carbocycles. The standard InChI is InChI=1S/C27H32F4N4OS/c1-15(2)35-11-9-26(14-28,10-12-35)24(36)22-13-20-23(37-22)18(5)33-34-25(20)32-17(4)19-7-6-8-21(16(19)3)27(29,30)31/h6-8,13,15,17H,9-12,14H2,1-5H3,(H,32,34)/t17-/m1/s1. The minimum absolute atomic E-state index is 0.144. The van der Waals surface area contributed by atoms with Gasteiger partial charge in [-0.25, -0.2) is 4.39 Å². The SMILES string of the molecule is Cc1c([C@@H](C)Nc2nnc(C)c3sc(C(=O)C4(CF)CCN(C(C)C)CC4)cc23)cccc1C(F)(F)F. The van der Waals surface area contributed by atoms with Crippen molar-refractivity contribution in [3.8, 4) is 0 Å². The maximum absolute atomic E-state index is 14.4. The van der Waals surface area contributed by atoms with Crippen LogP contribution in [0.5, 0.6) is 0 Å². The summed E-state index contributed by atoms with van der Waals surface area (Å²) in [4.78, 5) is 16.3. The number of fused-ring (bicyclic) bond motifs is 1. The molecule has 1 N–H and O–H groups in total. The Labute approximate surface area is 218 Å². The number of benzene rings is 1. The summed E-state index contributed by atoms with van der Waals surface area (Å²) in [5.74, 6) is 0.177. The van der Waals surface area contributed by atoms with E-state index in [-0.39, 0.29) is 11.3 Å². The molecule has 1 fully saturated rings. The van der Waals surface area contributed by atoms with E-state index < -0.39 is 29.9 Å². The number of ketones is 1. The van der Waals surface area contributed by atoms with Crippen molar-refractivity contribution in [3.63, 3.8) is 0 Å². The zero-order valence-corrected chi connectivity index (χ0v) is 22.5. The maximum Gasteiger partial charge on any atom is 0.416 e. The Morgan fingerprint density at radius 2 is 1.84 bits per heavy atom. The third-order valence-corrected chi connectivity index (χ3v) is 8.81. The van der Waals surface area contributed by atoms with E-state index in [1.807, 2.05) is 0 Å². The van der Waals surface area contributed by atoms with Crippen LogP contribution in [0.2, 0.25) is 0 Å². The van der Waals surface area contributed by atoms with Gasteiger partial charge in [0.15, 0.2) is 11.6 Å². The topological polar surface area (TPSA) is 58.1 Å². The number of hydrogen-bond donors (Lipinski definition) is 1. The van der Waals surface area contributed by atoms with E-state index >= 15 is 0 Å². The second kappa shape index (κ2) is 10.3. The normalized spacial score (nSPS) is 17.4. The predicted octanol–water partition coefficient (Wildman–Crippen LogP) is 7.14. The van der Waals surface area contributed by atoms with Crippen LogP contribution in [0, 0.1) is 19.3 Å². The molecule has 0 radical (unpaired) electrons. The molecule has 5 nitrogen and oxygen atoms in total. The first-order chi connectivity index (χ1) is 17.4. The first-order valence-electron chi connectivity index (χ1n) is 12.4. The lowest BCUT2D eigenvalue weighted by molar-refractivity contribution is -0.138. The van der Waals surface area contributed by atoms with Crippen molar-refractivity contribution in [2.45, 2.75) is 65.7 Å². The number of nitrogens with one attached hydrogen (secondary N) is 1. The van der Waals surface area contributed by atoms with Crippen LogP contribution in [0.15, 0.2) is 24.3 Å². The number of carbonyl (C=O) groups excluding carboxylic acids is 1. The molecule has 0 amide bonds. The van der Waals surface area contributed by atoms with Gasteiger partial charge in [-0.05, 0) is 83.8 Å². The molecule has 0 spiro atoms. The quantitative estimate of drug-likeness (QED) is 0.257. The van der Waals surface area contributed by atoms with Crippen LogP contribution in [0.25, 0.3) is 10.1 Å². The molecule has 3 heterocycles. The molecule has 1 atom stereocenters. The molecule has 1 saturated heterocycles. The Morgan fingerprint density at radius 3 is 2.43 bits per heavy atom. The number of alkyl halides is 4. The van der Waals surface area contributed by atoms with Crippen molar-refractivity contribution in [2.24, 2.45) is 5.41 Å². The van der Waals surface area contributed by atoms with Crippen LogP contribution in [-0.4, -0.2) is 46.7 Å². The molecule has 200 valence electrons. The second-order valence-corrected chi connectivity index (χ2v) is 11.3. The molecule has 0 saturated carbocycles. The minimum atomic E-state index is -4.45. The van der Waals surface area contributed by atoms with Crippen molar-refractivity contribution < 1.29 is 22.4 Å². The van der Waals surface area contributed by atoms with Gasteiger partial charge in [0, 0.05) is 11.4 Å². The fraction of sp³-hybridized carbons (Fsp3) is 0.519. The number of carbonyl (C=O) groups is 1. The summed E-state index contributed by atoms with van der Waals surface area (Å²) in [6.45, 7) is 9.81. The number of aromatic nitrogens is 2. The Balaban J connectivity index is 1.65. The van der Waals surface area contributed by atoms with Crippen molar-refractivity contribution in [1.82, 2.24) is 15.1 Å². The van der Waals surface area contributed by atoms with E-state index in [2.05, 4.69) is 34.3 Å². The fourth-order valence-electron chi connectivity index (χ4n) is 5.14. The highest BCUT2D eigenvalue weighted by Gasteiger charge is 2.43. The van der Waals surface area contributed by atoms with Crippen LogP contribution in [0.4, 0.5) is 23.4 Å². The van der Waals surface area contributed by atoms with Gasteiger partial charge in [0.1, 0.15) is 6.67 Å². The monoisotopic (exact) mass is 536 g/mol. The summed E-state index contributed by atoms with van der Waals surface area (Å²) in [6, 6.07) is 5.68. The van der Waals surface area contributed by atoms with E-state index in [1.165, 1.54) is 24.3 Å². The van der Waals surface area contributed by atoms with Gasteiger partial charge in [-0.1, -0.05) is 12.1 Å². The number of hydrogen-bond acceptors (Lipinski definition) is 6. The van der Waals surface area contributed by atoms with Crippen molar-refractivity contribution >= 4 is 33.0 Å². The summed E-state index contributed by atoms with van der Waals surface area (Å²) in [5.41, 5.74) is -0.453. The van der Waals surface area contributed by atoms with Crippen molar-refractivity contribution in [2.75, 3.05) is 25.1 Å². The van der Waals surface area contributed by atoms with E-state index in [0.717, 1.165) is 10.8 Å². The first kappa shape index (κ1) is 27.4. The largest absolute Gasteiger partial charge is 0.416 e. The predicted molar refractivity (Wildman–Crippen MR) is 139 cm³/mol. The smallest absolute Gasteiger partial charge is 0.362 e. The molecule has 10 heteroatoms. The number of piperidine rings is 1. The molecule has 4 rings (SSSR count). The lowest BCUT2D eigenvalue weighted by atomic mass is 9.75. The number of thiophene rings is 1. The zero-order chi connectivity index (χ0) is 27.1. The summed E-state index contributed by atoms with van der Waals surface area (Å²) in [5, 5.41) is 12.3. The third-order valence-electron chi connectivity index (χ3n) is 7.56. The van der Waals surface area contributed by atoms with E-state index in [0.29, 0.717) is 59.3 Å². The Kier molecular flexibility index (Phi) is 7.63. The highest BCUT2D eigenvalue weighted by molar-refractivity contribution is 7.21. The number of likely N-dealkylation sites (tertiary alicyclic amines) is 1. The van der Waals surface area contributed by atoms with Gasteiger partial charge < -0.3 is 10.2 Å². The molecule has 1 aliphatic rings. The molecule has 3 aromatic rings. The van der Waals surface area contributed by atoms with Crippen LogP contribution in [-0.2, 0) is 6.18 Å². The van der Waals surface area contributed by atoms with Gasteiger partial charge in [0.25, 0.3) is 0 Å². The first-order valence-corrected chi connectivity index (χ1v) is 13.2. The second-order valence-electron chi connectivity index (χ2n) is 10.2. The molecule has 0 bridgehead atoms. The number of anilines is 1. The van der Waals surface area contributed by atoms with Crippen molar-refractivity contribution in [1.29, 1.82) is 0 Å². The average molecular weight is 537 g/mol. The minimum Gasteiger partial charge on any atom is -0.362 e. The van der Waals surface area contributed by atoms with Crippen molar-refractivity contribution in [3.05, 3.63) is 51.5 Å². The van der Waals surface area contributed by atoms with Crippen LogP contribution >= 0.6 is 11.3 Å². The van der Waals surface area contributed by atoms with Gasteiger partial charge in [0.05, 0.1) is 32.3 Å². The van der Waals surface area contributed by atoms with Crippen LogP contribution in [0.1, 0.15) is 71.7 Å². The van der Waals surface area contributed by atoms with E-state index in [9.17, 15) is 22.4 Å². The van der Waals surface area contributed by atoms with Gasteiger partial charge in [0.2, 0.25) is 0 Å². The average Bonchev–Trinajstić information content (AvgIpc) is 3.31. The van der Waals surface area contributed by atoms with Gasteiger partial charge in [-0.15, -0.1) is 16.4 Å². The van der Waals surface area contributed by atoms with Gasteiger partial charge >= 0.3 is 6.18 Å². The van der Waals surface area contributed by atoms with Crippen LogP contribution < -0.4 is 5.32 Å². The Hall–Kier alpha value is -2.59. The molecule has 1 aromatic carbocycles. The molecule has 2 aromatic heterocycles. The number of aryl methyl sites for hydroxylation is 1. The van der Waals surface area contributed by atoms with Crippen LogP contribution in [0.3, 0.4) is 0 Å². The summed E-state index contributed by atoms with van der Waals surface area (Å²) >= 11 is 1.27. The molecular weight excluding hydrogens is 504 g/mol. The number of rotatable bonds is 7. The fourth-order valence-corrected chi connectivity index (χ4v) is 6.30. The maximum atomic E-state index is 14.4. The highest BCUT2D eigenvalue weighted by atomic mass is 32.1. The summed E-state index contributed by atoms with van der Waals surface area (Å²) in [6.07, 6.45) is -3.53. The number of Topliss-reactive ketones (excluding diaryl/α,β-unsaturated/α-hetero) is 1. The van der Waals surface area contributed by atoms with E-state index in [1.54, 1.807) is 26.0 Å². The molecule has 37 heavy (non-hydrogen) atoms. The summed E-state index contributed by atoms with van der Waals surface area (Å²) in [7, 11) is 0. The van der Waals surface area contributed by atoms with Gasteiger partial charge in [-0.2, -0.15) is 18.3 Å². The zero-order valence-electron chi connectivity index (χ0n) is 21.7. The Morgan fingerprint density at radius 1 is 1.16 bits per heavy atom. The summed E-state index contributed by atoms with van der Waals surface area (Å²) < 4.78 is 55.4. The highest BCUT2D eigenvalue weighted by Crippen LogP contribution is 2.41. The van der Waals surface area contributed by atoms with Gasteiger partial charge in [-0.3, -0.25) is 4.79 Å². The lowest BCUT2D eigenvalue weighted by Crippen LogP contribution is -2.47.